The number of hydrogen-bond donors (Lipinski definition) is 1. The first-order chi connectivity index (χ1) is 14.8. The molecule has 3 rings (SSSR count). The van der Waals surface area contributed by atoms with Crippen LogP contribution >= 0.6 is 15.9 Å². The van der Waals surface area contributed by atoms with Gasteiger partial charge >= 0.3 is 0 Å². The molecule has 0 spiro atoms. The molecule has 1 N–H and O–H groups in total. The molecule has 2 aromatic carbocycles. The number of piperidine rings is 1. The van der Waals surface area contributed by atoms with Gasteiger partial charge in [0.2, 0.25) is 5.91 Å². The van der Waals surface area contributed by atoms with Crippen molar-refractivity contribution >= 4 is 27.7 Å². The molecule has 166 valence electrons. The molecule has 1 aliphatic heterocycles. The summed E-state index contributed by atoms with van der Waals surface area (Å²) in [5.74, 6) is 0.0538. The van der Waals surface area contributed by atoms with Crippen molar-refractivity contribution in [2.24, 2.45) is 5.92 Å². The highest BCUT2D eigenvalue weighted by atomic mass is 79.9. The highest BCUT2D eigenvalue weighted by Crippen LogP contribution is 2.28. The zero-order valence-electron chi connectivity index (χ0n) is 17.9. The molecule has 5 nitrogen and oxygen atoms in total. The maximum absolute atomic E-state index is 13.7. The number of nitrogens with one attached hydrogen (secondary N) is 1. The Morgan fingerprint density at radius 2 is 1.90 bits per heavy atom. The minimum absolute atomic E-state index is 0.0316. The lowest BCUT2D eigenvalue weighted by Crippen LogP contribution is -2.43. The fourth-order valence-electron chi connectivity index (χ4n) is 3.71. The molecule has 0 aliphatic carbocycles. The van der Waals surface area contributed by atoms with E-state index in [1.54, 1.807) is 29.2 Å². The van der Waals surface area contributed by atoms with Crippen LogP contribution in [-0.4, -0.2) is 42.5 Å². The van der Waals surface area contributed by atoms with Gasteiger partial charge in [-0.2, -0.15) is 0 Å². The quantitative estimate of drug-likeness (QED) is 0.617. The van der Waals surface area contributed by atoms with Crippen LogP contribution in [0.3, 0.4) is 0 Å². The second kappa shape index (κ2) is 10.8. The summed E-state index contributed by atoms with van der Waals surface area (Å²) in [6, 6.07) is 12.0. The number of hydrogen-bond acceptors (Lipinski definition) is 3. The minimum atomic E-state index is -0.252. The van der Waals surface area contributed by atoms with E-state index in [-0.39, 0.29) is 29.7 Å². The largest absolute Gasteiger partial charge is 0.490 e. The molecule has 2 aromatic rings. The topological polar surface area (TPSA) is 58.6 Å². The maximum atomic E-state index is 13.7. The summed E-state index contributed by atoms with van der Waals surface area (Å²) < 4.78 is 20.4. The van der Waals surface area contributed by atoms with E-state index in [0.29, 0.717) is 55.8 Å². The van der Waals surface area contributed by atoms with E-state index in [9.17, 15) is 14.0 Å². The van der Waals surface area contributed by atoms with E-state index in [0.717, 1.165) is 4.47 Å². The van der Waals surface area contributed by atoms with Crippen molar-refractivity contribution in [3.8, 4) is 5.75 Å². The molecular weight excluding hydrogens is 463 g/mol. The maximum Gasteiger partial charge on any atom is 0.257 e. The van der Waals surface area contributed by atoms with E-state index < -0.39 is 0 Å². The summed E-state index contributed by atoms with van der Waals surface area (Å²) in [6.45, 7) is 5.27. The second-order valence-corrected chi connectivity index (χ2v) is 8.92. The van der Waals surface area contributed by atoms with Gasteiger partial charge in [0, 0.05) is 30.0 Å². The molecule has 0 unspecified atom stereocenters. The molecule has 1 saturated heterocycles. The lowest BCUT2D eigenvalue weighted by Gasteiger charge is -2.32. The highest BCUT2D eigenvalue weighted by molar-refractivity contribution is 9.10. The van der Waals surface area contributed by atoms with Gasteiger partial charge in [-0.3, -0.25) is 9.59 Å². The van der Waals surface area contributed by atoms with Crippen molar-refractivity contribution in [2.45, 2.75) is 39.2 Å². The number of ether oxygens (including phenoxy) is 1. The smallest absolute Gasteiger partial charge is 0.257 e. The fourth-order valence-corrected chi connectivity index (χ4v) is 4.05. The van der Waals surface area contributed by atoms with Crippen LogP contribution in [0.25, 0.3) is 0 Å². The Balaban J connectivity index is 1.51. The van der Waals surface area contributed by atoms with Crippen molar-refractivity contribution < 1.29 is 18.7 Å². The van der Waals surface area contributed by atoms with Gasteiger partial charge in [-0.1, -0.05) is 34.1 Å². The van der Waals surface area contributed by atoms with Crippen LogP contribution in [0.15, 0.2) is 46.9 Å². The fraction of sp³-hybridized carbons (Fsp3) is 0.417. The zero-order valence-corrected chi connectivity index (χ0v) is 19.5. The van der Waals surface area contributed by atoms with Crippen LogP contribution in [0.5, 0.6) is 5.75 Å². The molecular formula is C24H28BrFN2O3. The number of amides is 2. The van der Waals surface area contributed by atoms with Crippen molar-refractivity contribution in [3.05, 3.63) is 63.9 Å². The van der Waals surface area contributed by atoms with Crippen molar-refractivity contribution in [3.63, 3.8) is 0 Å². The Hall–Kier alpha value is -2.41. The van der Waals surface area contributed by atoms with Crippen LogP contribution in [0, 0.1) is 11.7 Å². The van der Waals surface area contributed by atoms with Gasteiger partial charge < -0.3 is 15.0 Å². The molecule has 2 amide bonds. The number of carbonyl (C=O) groups is 2. The molecule has 1 fully saturated rings. The summed E-state index contributed by atoms with van der Waals surface area (Å²) in [7, 11) is 0. The zero-order chi connectivity index (χ0) is 22.4. The van der Waals surface area contributed by atoms with E-state index in [4.69, 9.17) is 4.74 Å². The van der Waals surface area contributed by atoms with Gasteiger partial charge in [-0.25, -0.2) is 4.39 Å². The van der Waals surface area contributed by atoms with Crippen LogP contribution < -0.4 is 10.1 Å². The average molecular weight is 491 g/mol. The van der Waals surface area contributed by atoms with Crippen LogP contribution in [0.4, 0.5) is 4.39 Å². The number of halogens is 2. The number of rotatable bonds is 7. The van der Waals surface area contributed by atoms with Gasteiger partial charge in [-0.05, 0) is 62.9 Å². The number of likely N-dealkylation sites (tertiary alicyclic amines) is 1. The van der Waals surface area contributed by atoms with Gasteiger partial charge in [0.1, 0.15) is 11.6 Å². The normalized spacial score (nSPS) is 14.5. The predicted molar refractivity (Wildman–Crippen MR) is 122 cm³/mol. The molecule has 31 heavy (non-hydrogen) atoms. The van der Waals surface area contributed by atoms with Crippen molar-refractivity contribution in [1.29, 1.82) is 0 Å². The van der Waals surface area contributed by atoms with Gasteiger partial charge in [0.05, 0.1) is 11.7 Å². The lowest BCUT2D eigenvalue weighted by molar-refractivity contribution is -0.126. The first-order valence-corrected chi connectivity index (χ1v) is 11.4. The van der Waals surface area contributed by atoms with E-state index in [2.05, 4.69) is 21.2 Å². The number of benzene rings is 2. The molecule has 7 heteroatoms. The standard InChI is InChI=1S/C24H28BrFN2O3/c1-16(2)31-22-15-19(25)7-8-20(22)24(30)28-13-10-18(11-14-28)23(29)27-12-9-17-5-3-4-6-21(17)26/h3-8,15-16,18H,9-14H2,1-2H3,(H,27,29). The average Bonchev–Trinajstić information content (AvgIpc) is 2.74. The minimum Gasteiger partial charge on any atom is -0.490 e. The van der Waals surface area contributed by atoms with Crippen molar-refractivity contribution in [1.82, 2.24) is 10.2 Å². The Morgan fingerprint density at radius 3 is 2.58 bits per heavy atom. The summed E-state index contributed by atoms with van der Waals surface area (Å²) in [5, 5.41) is 2.91. The summed E-state index contributed by atoms with van der Waals surface area (Å²) in [6.07, 6.45) is 1.62. The second-order valence-electron chi connectivity index (χ2n) is 8.01. The Kier molecular flexibility index (Phi) is 8.07. The Morgan fingerprint density at radius 1 is 1.19 bits per heavy atom. The molecule has 0 saturated carbocycles. The monoisotopic (exact) mass is 490 g/mol. The Labute approximate surface area is 191 Å². The summed E-state index contributed by atoms with van der Waals surface area (Å²) >= 11 is 3.42. The van der Waals surface area contributed by atoms with Crippen LogP contribution in [0.2, 0.25) is 0 Å². The first-order valence-electron chi connectivity index (χ1n) is 10.6. The lowest BCUT2D eigenvalue weighted by atomic mass is 9.95. The van der Waals surface area contributed by atoms with E-state index in [1.807, 2.05) is 26.0 Å². The first kappa shape index (κ1) is 23.3. The Bertz CT molecular complexity index is 927. The summed E-state index contributed by atoms with van der Waals surface area (Å²) in [5.41, 5.74) is 1.13. The number of carbonyl (C=O) groups excluding carboxylic acids is 2. The van der Waals surface area contributed by atoms with Crippen molar-refractivity contribution in [2.75, 3.05) is 19.6 Å². The third-order valence-corrected chi connectivity index (χ3v) is 5.83. The predicted octanol–water partition coefficient (Wildman–Crippen LogP) is 4.59. The molecule has 0 aromatic heterocycles. The SMILES string of the molecule is CC(C)Oc1cc(Br)ccc1C(=O)N1CCC(C(=O)NCCc2ccccc2F)CC1. The van der Waals surface area contributed by atoms with Gasteiger partial charge in [0.25, 0.3) is 5.91 Å². The third kappa shape index (κ3) is 6.29. The van der Waals surface area contributed by atoms with Crippen LogP contribution in [0.1, 0.15) is 42.6 Å². The number of nitrogens with zero attached hydrogens (tertiary/aromatic N) is 1. The molecule has 1 aliphatic rings. The van der Waals surface area contributed by atoms with Gasteiger partial charge in [0.15, 0.2) is 0 Å². The molecule has 0 bridgehead atoms. The van der Waals surface area contributed by atoms with E-state index >= 15 is 0 Å². The molecule has 0 radical (unpaired) electrons. The van der Waals surface area contributed by atoms with Gasteiger partial charge in [-0.15, -0.1) is 0 Å². The third-order valence-electron chi connectivity index (χ3n) is 5.34. The van der Waals surface area contributed by atoms with Crippen LogP contribution in [-0.2, 0) is 11.2 Å². The molecule has 0 atom stereocenters. The summed E-state index contributed by atoms with van der Waals surface area (Å²) in [4.78, 5) is 27.3. The van der Waals surface area contributed by atoms with E-state index in [1.165, 1.54) is 6.07 Å². The highest BCUT2D eigenvalue weighted by Gasteiger charge is 2.29. The molecule has 1 heterocycles.